The van der Waals surface area contributed by atoms with Crippen molar-refractivity contribution in [3.8, 4) is 57.0 Å². The number of benzene rings is 7. The lowest BCUT2D eigenvalue weighted by Gasteiger charge is -2.11. The van der Waals surface area contributed by atoms with Crippen LogP contribution in [0.25, 0.3) is 94.7 Å². The molecule has 10 aromatic rings. The van der Waals surface area contributed by atoms with E-state index in [0.717, 1.165) is 71.5 Å². The van der Waals surface area contributed by atoms with Gasteiger partial charge in [0.15, 0.2) is 11.6 Å². The average Bonchev–Trinajstić information content (AvgIpc) is 3.77. The second kappa shape index (κ2) is 11.9. The molecule has 3 heterocycles. The maximum absolute atomic E-state index is 9.37. The van der Waals surface area contributed by atoms with Gasteiger partial charge in [0.2, 0.25) is 5.95 Å². The standard InChI is InChI=1S/C46H27N5O/c47-28-29-20-22-32(23-21-29)34-14-9-19-41-42(34)37-15-8-16-38(43(37)52-41)45-48-44(33-26-24-31(25-27-33)30-10-2-1-3-11-30)49-46(50-45)51-39-17-6-4-12-35(39)36-13-5-7-18-40(36)51/h1-27H. The smallest absolute Gasteiger partial charge is 0.238 e. The minimum absolute atomic E-state index is 0.513. The molecule has 6 heteroatoms. The number of hydrogen-bond acceptors (Lipinski definition) is 5. The first-order valence-electron chi connectivity index (χ1n) is 17.1. The summed E-state index contributed by atoms with van der Waals surface area (Å²) in [7, 11) is 0. The average molecular weight is 666 g/mol. The van der Waals surface area contributed by atoms with Crippen LogP contribution in [-0.2, 0) is 0 Å². The third-order valence-electron chi connectivity index (χ3n) is 9.74. The third kappa shape index (κ3) is 4.76. The lowest BCUT2D eigenvalue weighted by atomic mass is 9.98. The molecule has 0 amide bonds. The fourth-order valence-electron chi connectivity index (χ4n) is 7.28. The van der Waals surface area contributed by atoms with Crippen LogP contribution in [0.3, 0.4) is 0 Å². The van der Waals surface area contributed by atoms with Crippen molar-refractivity contribution in [3.63, 3.8) is 0 Å². The fourth-order valence-corrected chi connectivity index (χ4v) is 7.28. The van der Waals surface area contributed by atoms with Gasteiger partial charge in [0, 0.05) is 27.1 Å². The van der Waals surface area contributed by atoms with Gasteiger partial charge in [-0.15, -0.1) is 0 Å². The SMILES string of the molecule is N#Cc1ccc(-c2cccc3oc4c(-c5nc(-c6ccc(-c7ccccc7)cc6)nc(-n6c7ccccc7c7ccccc76)n5)cccc4c23)cc1. The second-order valence-corrected chi connectivity index (χ2v) is 12.7. The number of fused-ring (bicyclic) bond motifs is 6. The van der Waals surface area contributed by atoms with Crippen molar-refractivity contribution in [2.24, 2.45) is 0 Å². The third-order valence-corrected chi connectivity index (χ3v) is 9.74. The van der Waals surface area contributed by atoms with Gasteiger partial charge in [-0.3, -0.25) is 4.57 Å². The Morgan fingerprint density at radius 3 is 1.77 bits per heavy atom. The van der Waals surface area contributed by atoms with E-state index in [9.17, 15) is 5.26 Å². The van der Waals surface area contributed by atoms with Gasteiger partial charge in [-0.25, -0.2) is 4.98 Å². The molecule has 242 valence electrons. The van der Waals surface area contributed by atoms with Crippen LogP contribution < -0.4 is 0 Å². The van der Waals surface area contributed by atoms with E-state index >= 15 is 0 Å². The van der Waals surface area contributed by atoms with Crippen LogP contribution in [0.1, 0.15) is 5.56 Å². The summed E-state index contributed by atoms with van der Waals surface area (Å²) in [5, 5.41) is 13.6. The predicted molar refractivity (Wildman–Crippen MR) is 208 cm³/mol. The number of para-hydroxylation sites is 3. The van der Waals surface area contributed by atoms with Crippen molar-refractivity contribution >= 4 is 43.7 Å². The van der Waals surface area contributed by atoms with E-state index in [2.05, 4.69) is 95.6 Å². The molecule has 0 spiro atoms. The van der Waals surface area contributed by atoms with Crippen molar-refractivity contribution in [2.45, 2.75) is 0 Å². The Bertz CT molecular complexity index is 2950. The van der Waals surface area contributed by atoms with Crippen molar-refractivity contribution < 1.29 is 4.42 Å². The summed E-state index contributed by atoms with van der Waals surface area (Å²) in [5.41, 5.74) is 10.1. The maximum atomic E-state index is 9.37. The van der Waals surface area contributed by atoms with Gasteiger partial charge in [0.05, 0.1) is 28.2 Å². The monoisotopic (exact) mass is 665 g/mol. The number of furan rings is 1. The van der Waals surface area contributed by atoms with Crippen molar-refractivity contribution in [2.75, 3.05) is 0 Å². The van der Waals surface area contributed by atoms with E-state index in [1.807, 2.05) is 78.9 Å². The Morgan fingerprint density at radius 2 is 1.04 bits per heavy atom. The predicted octanol–water partition coefficient (Wildman–Crippen LogP) is 11.4. The van der Waals surface area contributed by atoms with E-state index in [1.165, 1.54) is 0 Å². The van der Waals surface area contributed by atoms with Gasteiger partial charge in [0.25, 0.3) is 0 Å². The first kappa shape index (κ1) is 29.5. The first-order valence-corrected chi connectivity index (χ1v) is 17.1. The molecule has 0 bridgehead atoms. The highest BCUT2D eigenvalue weighted by Crippen LogP contribution is 2.40. The molecule has 0 N–H and O–H groups in total. The van der Waals surface area contributed by atoms with Gasteiger partial charge in [0.1, 0.15) is 11.2 Å². The molecule has 0 aliphatic rings. The molecule has 0 fully saturated rings. The number of nitriles is 1. The Labute approximate surface area is 298 Å². The van der Waals surface area contributed by atoms with Gasteiger partial charge >= 0.3 is 0 Å². The Kier molecular flexibility index (Phi) is 6.76. The summed E-state index contributed by atoms with van der Waals surface area (Å²) in [6, 6.07) is 57.5. The molecular formula is C46H27N5O. The summed E-state index contributed by atoms with van der Waals surface area (Å²) >= 11 is 0. The summed E-state index contributed by atoms with van der Waals surface area (Å²) in [5.74, 6) is 1.60. The molecular weight excluding hydrogens is 639 g/mol. The molecule has 0 aliphatic heterocycles. The van der Waals surface area contributed by atoms with Crippen LogP contribution in [0, 0.1) is 11.3 Å². The number of aromatic nitrogens is 4. The minimum Gasteiger partial charge on any atom is -0.455 e. The summed E-state index contributed by atoms with van der Waals surface area (Å²) in [6.07, 6.45) is 0. The van der Waals surface area contributed by atoms with Crippen LogP contribution in [0.5, 0.6) is 0 Å². The normalized spacial score (nSPS) is 11.4. The van der Waals surface area contributed by atoms with Gasteiger partial charge in [-0.05, 0) is 58.7 Å². The second-order valence-electron chi connectivity index (χ2n) is 12.7. The van der Waals surface area contributed by atoms with E-state index in [-0.39, 0.29) is 0 Å². The zero-order chi connectivity index (χ0) is 34.6. The van der Waals surface area contributed by atoms with Crippen LogP contribution in [-0.4, -0.2) is 19.5 Å². The lowest BCUT2D eigenvalue weighted by Crippen LogP contribution is -2.06. The molecule has 6 nitrogen and oxygen atoms in total. The summed E-state index contributed by atoms with van der Waals surface area (Å²) in [6.45, 7) is 0. The highest BCUT2D eigenvalue weighted by molar-refractivity contribution is 6.15. The van der Waals surface area contributed by atoms with Gasteiger partial charge in [-0.1, -0.05) is 127 Å². The van der Waals surface area contributed by atoms with Crippen LogP contribution in [0.15, 0.2) is 168 Å². The Balaban J connectivity index is 1.21. The first-order chi connectivity index (χ1) is 25.7. The zero-order valence-corrected chi connectivity index (χ0v) is 27.7. The van der Waals surface area contributed by atoms with E-state index < -0.39 is 0 Å². The molecule has 0 radical (unpaired) electrons. The molecule has 0 atom stereocenters. The van der Waals surface area contributed by atoms with Crippen LogP contribution in [0.4, 0.5) is 0 Å². The van der Waals surface area contributed by atoms with Crippen LogP contribution >= 0.6 is 0 Å². The number of hydrogen-bond donors (Lipinski definition) is 0. The molecule has 3 aromatic heterocycles. The highest BCUT2D eigenvalue weighted by atomic mass is 16.3. The fraction of sp³-hybridized carbons (Fsp3) is 0. The molecule has 0 aliphatic carbocycles. The molecule has 0 saturated heterocycles. The van der Waals surface area contributed by atoms with Crippen molar-refractivity contribution in [1.29, 1.82) is 5.26 Å². The summed E-state index contributed by atoms with van der Waals surface area (Å²) < 4.78 is 8.79. The van der Waals surface area contributed by atoms with E-state index in [4.69, 9.17) is 19.4 Å². The topological polar surface area (TPSA) is 80.5 Å². The molecule has 0 unspecified atom stereocenters. The number of rotatable bonds is 5. The number of nitrogens with zero attached hydrogens (tertiary/aromatic N) is 5. The van der Waals surface area contributed by atoms with E-state index in [1.54, 1.807) is 0 Å². The summed E-state index contributed by atoms with van der Waals surface area (Å²) in [4.78, 5) is 15.5. The van der Waals surface area contributed by atoms with Crippen molar-refractivity contribution in [3.05, 3.63) is 169 Å². The molecule has 10 rings (SSSR count). The zero-order valence-electron chi connectivity index (χ0n) is 27.7. The van der Waals surface area contributed by atoms with Gasteiger partial charge in [-0.2, -0.15) is 15.2 Å². The molecule has 7 aromatic carbocycles. The van der Waals surface area contributed by atoms with Gasteiger partial charge < -0.3 is 4.42 Å². The van der Waals surface area contributed by atoms with E-state index in [0.29, 0.717) is 28.7 Å². The highest BCUT2D eigenvalue weighted by Gasteiger charge is 2.21. The van der Waals surface area contributed by atoms with Crippen LogP contribution in [0.2, 0.25) is 0 Å². The molecule has 0 saturated carbocycles. The Hall–Kier alpha value is -7.36. The minimum atomic E-state index is 0.513. The quantitative estimate of drug-likeness (QED) is 0.183. The lowest BCUT2D eigenvalue weighted by molar-refractivity contribution is 0.669. The maximum Gasteiger partial charge on any atom is 0.238 e. The largest absolute Gasteiger partial charge is 0.455 e. The molecule has 52 heavy (non-hydrogen) atoms. The Morgan fingerprint density at radius 1 is 0.462 bits per heavy atom. The van der Waals surface area contributed by atoms with Crippen molar-refractivity contribution in [1.82, 2.24) is 19.5 Å².